The van der Waals surface area contributed by atoms with Crippen LogP contribution in [0.5, 0.6) is 5.75 Å². The van der Waals surface area contributed by atoms with E-state index in [-0.39, 0.29) is 12.5 Å². The molecule has 1 aromatic heterocycles. The molecule has 0 radical (unpaired) electrons. The number of ether oxygens (including phenoxy) is 1. The number of nitrogens with zero attached hydrogens (tertiary/aromatic N) is 3. The van der Waals surface area contributed by atoms with Gasteiger partial charge in [0.25, 0.3) is 5.91 Å². The van der Waals surface area contributed by atoms with Crippen molar-refractivity contribution in [2.45, 2.75) is 20.3 Å². The van der Waals surface area contributed by atoms with Crippen LogP contribution in [0.2, 0.25) is 5.02 Å². The first-order chi connectivity index (χ1) is 13.8. The van der Waals surface area contributed by atoms with Crippen LogP contribution in [0.25, 0.3) is 10.2 Å². The molecule has 0 fully saturated rings. The van der Waals surface area contributed by atoms with E-state index in [0.29, 0.717) is 17.3 Å². The second-order valence-corrected chi connectivity index (χ2v) is 8.74. The van der Waals surface area contributed by atoms with Gasteiger partial charge in [-0.1, -0.05) is 29.0 Å². The number of rotatable bonds is 8. The van der Waals surface area contributed by atoms with Crippen molar-refractivity contribution >= 4 is 44.2 Å². The molecule has 0 aliphatic rings. The van der Waals surface area contributed by atoms with E-state index in [1.807, 2.05) is 14.1 Å². The molecule has 0 aliphatic heterocycles. The Kier molecular flexibility index (Phi) is 7.11. The molecule has 29 heavy (non-hydrogen) atoms. The zero-order chi connectivity index (χ0) is 21.0. The Balaban J connectivity index is 1.80. The van der Waals surface area contributed by atoms with E-state index in [2.05, 4.69) is 30.9 Å². The number of benzene rings is 2. The minimum atomic E-state index is -0.105. The molecular formula is C22H26ClN3O2S. The van der Waals surface area contributed by atoms with Crippen LogP contribution >= 0.6 is 22.9 Å². The van der Waals surface area contributed by atoms with Crippen LogP contribution in [0, 0.1) is 13.8 Å². The van der Waals surface area contributed by atoms with Crippen molar-refractivity contribution in [2.75, 3.05) is 38.7 Å². The van der Waals surface area contributed by atoms with Gasteiger partial charge < -0.3 is 9.64 Å². The van der Waals surface area contributed by atoms with Crippen molar-refractivity contribution in [2.24, 2.45) is 0 Å². The Hall–Kier alpha value is -2.15. The fourth-order valence-electron chi connectivity index (χ4n) is 2.96. The molecule has 1 amide bonds. The highest BCUT2D eigenvalue weighted by Gasteiger charge is 2.21. The molecule has 3 aromatic rings. The summed E-state index contributed by atoms with van der Waals surface area (Å²) < 4.78 is 6.78. The maximum absolute atomic E-state index is 13.0. The van der Waals surface area contributed by atoms with Crippen LogP contribution in [0.4, 0.5) is 5.13 Å². The molecule has 2 aromatic carbocycles. The fraction of sp³-hybridized carbons (Fsp3) is 0.364. The van der Waals surface area contributed by atoms with Crippen molar-refractivity contribution in [1.29, 1.82) is 0 Å². The lowest BCUT2D eigenvalue weighted by molar-refractivity contribution is -0.120. The predicted octanol–water partition coefficient (Wildman–Crippen LogP) is 4.93. The maximum atomic E-state index is 13.0. The number of anilines is 1. The summed E-state index contributed by atoms with van der Waals surface area (Å²) in [4.78, 5) is 21.7. The first-order valence-corrected chi connectivity index (χ1v) is 10.7. The van der Waals surface area contributed by atoms with Crippen molar-refractivity contribution in [3.05, 3.63) is 52.5 Å². The fourth-order valence-corrected chi connectivity index (χ4v) is 4.15. The first-order valence-electron chi connectivity index (χ1n) is 9.55. The van der Waals surface area contributed by atoms with Crippen molar-refractivity contribution in [3.63, 3.8) is 0 Å². The summed E-state index contributed by atoms with van der Waals surface area (Å²) in [5.74, 6) is 0.513. The molecule has 0 saturated heterocycles. The van der Waals surface area contributed by atoms with Crippen molar-refractivity contribution in [1.82, 2.24) is 9.88 Å². The van der Waals surface area contributed by atoms with Gasteiger partial charge in [0.1, 0.15) is 5.75 Å². The minimum Gasteiger partial charge on any atom is -0.484 e. The lowest BCUT2D eigenvalue weighted by Gasteiger charge is -2.21. The molecule has 0 bridgehead atoms. The molecule has 0 atom stereocenters. The molecule has 0 unspecified atom stereocenters. The average Bonchev–Trinajstić information content (AvgIpc) is 3.12. The standard InChI is InChI=1S/C22H26ClN3O2S/c1-15-6-11-19-21(16(15)2)24-22(29-19)26(13-5-12-25(3)4)20(27)14-28-18-9-7-17(23)8-10-18/h6-11H,5,12-14H2,1-4H3. The van der Waals surface area contributed by atoms with Gasteiger partial charge in [0.05, 0.1) is 10.2 Å². The largest absolute Gasteiger partial charge is 0.484 e. The van der Waals surface area contributed by atoms with Gasteiger partial charge >= 0.3 is 0 Å². The topological polar surface area (TPSA) is 45.7 Å². The summed E-state index contributed by atoms with van der Waals surface area (Å²) in [6, 6.07) is 11.2. The van der Waals surface area contributed by atoms with Crippen LogP contribution in [-0.4, -0.2) is 49.6 Å². The lowest BCUT2D eigenvalue weighted by Crippen LogP contribution is -2.36. The number of hydrogen-bond donors (Lipinski definition) is 0. The van der Waals surface area contributed by atoms with Gasteiger partial charge in [-0.2, -0.15) is 0 Å². The highest BCUT2D eigenvalue weighted by molar-refractivity contribution is 7.22. The summed E-state index contributed by atoms with van der Waals surface area (Å²) in [5, 5.41) is 1.35. The Bertz CT molecular complexity index is 986. The molecular weight excluding hydrogens is 406 g/mol. The Morgan fingerprint density at radius 3 is 2.52 bits per heavy atom. The molecule has 0 aliphatic carbocycles. The highest BCUT2D eigenvalue weighted by Crippen LogP contribution is 2.32. The van der Waals surface area contributed by atoms with E-state index in [0.717, 1.165) is 33.9 Å². The Labute approximate surface area is 180 Å². The summed E-state index contributed by atoms with van der Waals surface area (Å²) in [6.07, 6.45) is 0.855. The third-order valence-corrected chi connectivity index (χ3v) is 6.06. The van der Waals surface area contributed by atoms with Gasteiger partial charge in [-0.25, -0.2) is 4.98 Å². The van der Waals surface area contributed by atoms with Crippen LogP contribution in [0.15, 0.2) is 36.4 Å². The smallest absolute Gasteiger partial charge is 0.266 e. The molecule has 7 heteroatoms. The summed E-state index contributed by atoms with van der Waals surface area (Å²) in [7, 11) is 4.05. The number of carbonyl (C=O) groups excluding carboxylic acids is 1. The SMILES string of the molecule is Cc1ccc2sc(N(CCCN(C)C)C(=O)COc3ccc(Cl)cc3)nc2c1C. The van der Waals surface area contributed by atoms with E-state index in [1.54, 1.807) is 40.5 Å². The number of carbonyl (C=O) groups is 1. The number of aryl methyl sites for hydroxylation is 2. The molecule has 1 heterocycles. The van der Waals surface area contributed by atoms with Gasteiger partial charge in [-0.05, 0) is 82.4 Å². The third kappa shape index (κ3) is 5.47. The normalized spacial score (nSPS) is 11.2. The van der Waals surface area contributed by atoms with Crippen LogP contribution in [0.3, 0.4) is 0 Å². The van der Waals surface area contributed by atoms with Crippen molar-refractivity contribution < 1.29 is 9.53 Å². The molecule has 0 N–H and O–H groups in total. The third-order valence-electron chi connectivity index (χ3n) is 4.77. The minimum absolute atomic E-state index is 0.0441. The summed E-state index contributed by atoms with van der Waals surface area (Å²) >= 11 is 7.45. The van der Waals surface area contributed by atoms with Crippen LogP contribution in [0.1, 0.15) is 17.5 Å². The van der Waals surface area contributed by atoms with E-state index in [1.165, 1.54) is 5.56 Å². The number of amides is 1. The monoisotopic (exact) mass is 431 g/mol. The average molecular weight is 432 g/mol. The number of thiazole rings is 1. The van der Waals surface area contributed by atoms with Gasteiger partial charge in [-0.3, -0.25) is 9.69 Å². The summed E-state index contributed by atoms with van der Waals surface area (Å²) in [5.41, 5.74) is 3.32. The Morgan fingerprint density at radius 1 is 1.10 bits per heavy atom. The van der Waals surface area contributed by atoms with Crippen molar-refractivity contribution in [3.8, 4) is 5.75 Å². The first kappa shape index (κ1) is 21.6. The van der Waals surface area contributed by atoms with Gasteiger partial charge in [0, 0.05) is 11.6 Å². The molecule has 5 nitrogen and oxygen atoms in total. The van der Waals surface area contributed by atoms with E-state index in [4.69, 9.17) is 21.3 Å². The zero-order valence-corrected chi connectivity index (χ0v) is 18.8. The number of fused-ring (bicyclic) bond motifs is 1. The molecule has 154 valence electrons. The summed E-state index contributed by atoms with van der Waals surface area (Å²) in [6.45, 7) is 5.60. The lowest BCUT2D eigenvalue weighted by atomic mass is 10.1. The number of halogens is 1. The van der Waals surface area contributed by atoms with Gasteiger partial charge in [-0.15, -0.1) is 0 Å². The van der Waals surface area contributed by atoms with Crippen LogP contribution < -0.4 is 9.64 Å². The number of aromatic nitrogens is 1. The molecule has 0 saturated carbocycles. The van der Waals surface area contributed by atoms with E-state index in [9.17, 15) is 4.79 Å². The molecule has 0 spiro atoms. The van der Waals surface area contributed by atoms with E-state index < -0.39 is 0 Å². The second-order valence-electron chi connectivity index (χ2n) is 7.30. The van der Waals surface area contributed by atoms with Gasteiger partial charge in [0.15, 0.2) is 11.7 Å². The number of hydrogen-bond acceptors (Lipinski definition) is 5. The quantitative estimate of drug-likeness (QED) is 0.507. The predicted molar refractivity (Wildman–Crippen MR) is 122 cm³/mol. The maximum Gasteiger partial charge on any atom is 0.266 e. The van der Waals surface area contributed by atoms with Gasteiger partial charge in [0.2, 0.25) is 0 Å². The van der Waals surface area contributed by atoms with E-state index >= 15 is 0 Å². The molecule has 3 rings (SSSR count). The van der Waals surface area contributed by atoms with Crippen LogP contribution in [-0.2, 0) is 4.79 Å². The highest BCUT2D eigenvalue weighted by atomic mass is 35.5. The Morgan fingerprint density at radius 2 is 1.83 bits per heavy atom. The zero-order valence-electron chi connectivity index (χ0n) is 17.2. The second kappa shape index (κ2) is 9.57.